The van der Waals surface area contributed by atoms with Gasteiger partial charge in [-0.05, 0) is 43.7 Å². The van der Waals surface area contributed by atoms with Gasteiger partial charge in [0.2, 0.25) is 5.76 Å². The van der Waals surface area contributed by atoms with Crippen molar-refractivity contribution in [1.29, 1.82) is 0 Å². The minimum Gasteiger partial charge on any atom is -0.467 e. The van der Waals surface area contributed by atoms with Crippen molar-refractivity contribution in [1.82, 2.24) is 4.90 Å². The van der Waals surface area contributed by atoms with E-state index in [0.717, 1.165) is 16.7 Å². The van der Waals surface area contributed by atoms with Gasteiger partial charge in [-0.1, -0.05) is 41.5 Å². The highest BCUT2D eigenvalue weighted by atomic mass is 16.3. The Morgan fingerprint density at radius 1 is 0.966 bits per heavy atom. The van der Waals surface area contributed by atoms with Gasteiger partial charge in [0.15, 0.2) is 5.43 Å². The number of aryl methyl sites for hydroxylation is 2. The van der Waals surface area contributed by atoms with Gasteiger partial charge in [-0.2, -0.15) is 0 Å². The fraction of sp³-hybridized carbons (Fsp3) is 0.167. The molecule has 2 aromatic carbocycles. The average Bonchev–Trinajstić information content (AvgIpc) is 3.32. The van der Waals surface area contributed by atoms with E-state index in [4.69, 9.17) is 8.83 Å². The maximum absolute atomic E-state index is 13.5. The molecule has 3 heterocycles. The zero-order valence-corrected chi connectivity index (χ0v) is 16.1. The summed E-state index contributed by atoms with van der Waals surface area (Å²) in [6.45, 7) is 4.18. The minimum atomic E-state index is -0.524. The minimum absolute atomic E-state index is 0.114. The van der Waals surface area contributed by atoms with E-state index in [0.29, 0.717) is 22.3 Å². The monoisotopic (exact) mass is 385 g/mol. The molecule has 0 spiro atoms. The van der Waals surface area contributed by atoms with Crippen LogP contribution in [0.2, 0.25) is 0 Å². The number of hydrogen-bond donors (Lipinski definition) is 0. The Morgan fingerprint density at radius 3 is 2.45 bits per heavy atom. The van der Waals surface area contributed by atoms with Gasteiger partial charge in [0.25, 0.3) is 5.91 Å². The molecule has 29 heavy (non-hydrogen) atoms. The summed E-state index contributed by atoms with van der Waals surface area (Å²) in [5.41, 5.74) is 3.60. The summed E-state index contributed by atoms with van der Waals surface area (Å²) in [5.74, 6) is 0.459. The quantitative estimate of drug-likeness (QED) is 0.511. The molecule has 0 radical (unpaired) electrons. The van der Waals surface area contributed by atoms with Crippen molar-refractivity contribution in [3.63, 3.8) is 0 Å². The van der Waals surface area contributed by atoms with E-state index in [1.165, 1.54) is 0 Å². The number of carbonyl (C=O) groups excluding carboxylic acids is 1. The van der Waals surface area contributed by atoms with Gasteiger partial charge in [0.1, 0.15) is 11.3 Å². The van der Waals surface area contributed by atoms with Crippen LogP contribution in [0.3, 0.4) is 0 Å². The number of carbonyl (C=O) groups is 1. The Kier molecular flexibility index (Phi) is 3.91. The van der Waals surface area contributed by atoms with Crippen molar-refractivity contribution < 1.29 is 13.6 Å². The molecule has 1 amide bonds. The molecule has 1 aliphatic heterocycles. The standard InChI is InChI=1S/C24H19NO4/c1-14-5-8-16(9-6-14)21-20-22(26)18-12-15(2)7-10-19(18)29-23(20)24(27)25(21)13-17-4-3-11-28-17/h3-12,21H,13H2,1-2H3/t21-/m1/s1. The third kappa shape index (κ3) is 2.78. The summed E-state index contributed by atoms with van der Waals surface area (Å²) >= 11 is 0. The number of hydrogen-bond acceptors (Lipinski definition) is 4. The molecule has 1 atom stereocenters. The maximum Gasteiger partial charge on any atom is 0.291 e. The van der Waals surface area contributed by atoms with Crippen LogP contribution in [-0.2, 0) is 6.54 Å². The molecule has 5 nitrogen and oxygen atoms in total. The van der Waals surface area contributed by atoms with E-state index in [9.17, 15) is 9.59 Å². The van der Waals surface area contributed by atoms with E-state index < -0.39 is 6.04 Å². The van der Waals surface area contributed by atoms with Crippen molar-refractivity contribution in [2.24, 2.45) is 0 Å². The van der Waals surface area contributed by atoms with Crippen LogP contribution in [-0.4, -0.2) is 10.8 Å². The van der Waals surface area contributed by atoms with Gasteiger partial charge < -0.3 is 13.7 Å². The smallest absolute Gasteiger partial charge is 0.291 e. The first-order chi connectivity index (χ1) is 14.0. The van der Waals surface area contributed by atoms with Gasteiger partial charge >= 0.3 is 0 Å². The van der Waals surface area contributed by atoms with Crippen molar-refractivity contribution in [2.45, 2.75) is 26.4 Å². The first-order valence-corrected chi connectivity index (χ1v) is 9.50. The third-order valence-electron chi connectivity index (χ3n) is 5.42. The van der Waals surface area contributed by atoms with E-state index in [-0.39, 0.29) is 23.6 Å². The molecule has 0 bridgehead atoms. The molecule has 0 N–H and O–H groups in total. The van der Waals surface area contributed by atoms with Crippen LogP contribution in [0, 0.1) is 13.8 Å². The summed E-state index contributed by atoms with van der Waals surface area (Å²) in [4.78, 5) is 28.4. The Bertz CT molecular complexity index is 1280. The Labute approximate surface area is 167 Å². The van der Waals surface area contributed by atoms with Gasteiger partial charge in [0.05, 0.1) is 29.8 Å². The van der Waals surface area contributed by atoms with Crippen LogP contribution in [0.1, 0.15) is 44.6 Å². The van der Waals surface area contributed by atoms with Crippen molar-refractivity contribution in [2.75, 3.05) is 0 Å². The second-order valence-corrected chi connectivity index (χ2v) is 7.50. The van der Waals surface area contributed by atoms with Crippen LogP contribution in [0.15, 0.2) is 74.5 Å². The molecule has 1 aliphatic rings. The number of furan rings is 1. The topological polar surface area (TPSA) is 63.7 Å². The molecule has 0 saturated heterocycles. The molecule has 0 aliphatic carbocycles. The lowest BCUT2D eigenvalue weighted by molar-refractivity contribution is 0.0701. The average molecular weight is 385 g/mol. The molecule has 5 heteroatoms. The number of rotatable bonds is 3. The van der Waals surface area contributed by atoms with Crippen molar-refractivity contribution >= 4 is 16.9 Å². The molecule has 0 unspecified atom stereocenters. The molecular formula is C24H19NO4. The number of nitrogens with zero attached hydrogens (tertiary/aromatic N) is 1. The summed E-state index contributed by atoms with van der Waals surface area (Å²) < 4.78 is 11.4. The van der Waals surface area contributed by atoms with Crippen molar-refractivity contribution in [3.05, 3.63) is 105 Å². The number of amides is 1. The number of benzene rings is 2. The predicted molar refractivity (Wildman–Crippen MR) is 109 cm³/mol. The predicted octanol–water partition coefficient (Wildman–Crippen LogP) is 4.75. The van der Waals surface area contributed by atoms with Crippen LogP contribution >= 0.6 is 0 Å². The van der Waals surface area contributed by atoms with E-state index in [1.54, 1.807) is 23.3 Å². The van der Waals surface area contributed by atoms with Crippen LogP contribution < -0.4 is 5.43 Å². The lowest BCUT2D eigenvalue weighted by Gasteiger charge is -2.24. The molecule has 0 saturated carbocycles. The zero-order chi connectivity index (χ0) is 20.1. The second kappa shape index (κ2) is 6.48. The largest absolute Gasteiger partial charge is 0.467 e. The SMILES string of the molecule is Cc1ccc([C@@H]2c3c(oc4ccc(C)cc4c3=O)C(=O)N2Cc2ccco2)cc1. The van der Waals surface area contributed by atoms with Crippen LogP contribution in [0.5, 0.6) is 0 Å². The normalized spacial score (nSPS) is 15.9. The van der Waals surface area contributed by atoms with E-state index in [1.807, 2.05) is 56.3 Å². The molecule has 5 rings (SSSR count). The summed E-state index contributed by atoms with van der Waals surface area (Å²) in [5, 5.41) is 0.494. The molecule has 0 fully saturated rings. The Balaban J connectivity index is 1.75. The molecule has 4 aromatic rings. The summed E-state index contributed by atoms with van der Waals surface area (Å²) in [7, 11) is 0. The first-order valence-electron chi connectivity index (χ1n) is 9.50. The fourth-order valence-corrected chi connectivity index (χ4v) is 3.96. The lowest BCUT2D eigenvalue weighted by atomic mass is 9.97. The Morgan fingerprint density at radius 2 is 1.72 bits per heavy atom. The highest BCUT2D eigenvalue weighted by molar-refractivity contribution is 5.99. The molecule has 144 valence electrons. The highest BCUT2D eigenvalue weighted by Gasteiger charge is 2.43. The van der Waals surface area contributed by atoms with E-state index >= 15 is 0 Å². The van der Waals surface area contributed by atoms with Gasteiger partial charge in [-0.15, -0.1) is 0 Å². The zero-order valence-electron chi connectivity index (χ0n) is 16.1. The summed E-state index contributed by atoms with van der Waals surface area (Å²) in [6.07, 6.45) is 1.57. The fourth-order valence-electron chi connectivity index (χ4n) is 3.96. The van der Waals surface area contributed by atoms with Crippen molar-refractivity contribution in [3.8, 4) is 0 Å². The van der Waals surface area contributed by atoms with Gasteiger partial charge in [-0.3, -0.25) is 9.59 Å². The van der Waals surface area contributed by atoms with Gasteiger partial charge in [-0.25, -0.2) is 0 Å². The molecule has 2 aromatic heterocycles. The Hall–Kier alpha value is -3.60. The lowest BCUT2D eigenvalue weighted by Crippen LogP contribution is -2.29. The number of fused-ring (bicyclic) bond motifs is 2. The maximum atomic E-state index is 13.5. The second-order valence-electron chi connectivity index (χ2n) is 7.50. The van der Waals surface area contributed by atoms with E-state index in [2.05, 4.69) is 0 Å². The van der Waals surface area contributed by atoms with Gasteiger partial charge in [0, 0.05) is 0 Å². The third-order valence-corrected chi connectivity index (χ3v) is 5.42. The highest BCUT2D eigenvalue weighted by Crippen LogP contribution is 2.39. The molecular weight excluding hydrogens is 366 g/mol. The van der Waals surface area contributed by atoms with Crippen LogP contribution in [0.4, 0.5) is 0 Å². The van der Waals surface area contributed by atoms with Crippen LogP contribution in [0.25, 0.3) is 11.0 Å². The first kappa shape index (κ1) is 17.5. The summed E-state index contributed by atoms with van der Waals surface area (Å²) in [6, 6.07) is 16.4.